The van der Waals surface area contributed by atoms with Gasteiger partial charge in [-0.2, -0.15) is 0 Å². The normalized spacial score (nSPS) is 13.4. The third kappa shape index (κ3) is 5.74. The molecule has 0 aliphatic carbocycles. The highest BCUT2D eigenvalue weighted by molar-refractivity contribution is 7.70. The van der Waals surface area contributed by atoms with Gasteiger partial charge in [-0.3, -0.25) is 18.8 Å². The lowest BCUT2D eigenvalue weighted by Crippen LogP contribution is -2.36. The standard InChI is InChI=1S/C6H15NO8P2/c1-2-7(4-3-5(8)9)6(16(10,11)12)17(13,14)15/h6H,2-4H2,1H3,(H,8,9)(H2,10,11,12)(H2,13,14,15). The van der Waals surface area contributed by atoms with Crippen LogP contribution in [0.5, 0.6) is 0 Å². The van der Waals surface area contributed by atoms with Gasteiger partial charge in [0.25, 0.3) is 0 Å². The molecule has 0 saturated carbocycles. The van der Waals surface area contributed by atoms with Crippen molar-refractivity contribution in [3.8, 4) is 0 Å². The molecule has 0 spiro atoms. The molecule has 0 amide bonds. The van der Waals surface area contributed by atoms with Gasteiger partial charge < -0.3 is 24.7 Å². The molecule has 17 heavy (non-hydrogen) atoms. The molecule has 5 N–H and O–H groups in total. The summed E-state index contributed by atoms with van der Waals surface area (Å²) in [7, 11) is -10.1. The first-order chi connectivity index (χ1) is 7.50. The largest absolute Gasteiger partial charge is 0.481 e. The predicted molar refractivity (Wildman–Crippen MR) is 57.4 cm³/mol. The number of hydrogen-bond donors (Lipinski definition) is 5. The van der Waals surface area contributed by atoms with Crippen LogP contribution in [0.4, 0.5) is 0 Å². The summed E-state index contributed by atoms with van der Waals surface area (Å²) in [5.74, 6) is -1.22. The average Bonchev–Trinajstić information content (AvgIpc) is 2.06. The molecule has 0 aromatic heterocycles. The lowest BCUT2D eigenvalue weighted by Gasteiger charge is -2.30. The van der Waals surface area contributed by atoms with Gasteiger partial charge >= 0.3 is 21.2 Å². The first-order valence-corrected chi connectivity index (χ1v) is 7.92. The van der Waals surface area contributed by atoms with Crippen molar-refractivity contribution < 1.29 is 38.6 Å². The fourth-order valence-corrected chi connectivity index (χ4v) is 4.27. The molecule has 0 aliphatic rings. The molecule has 9 nitrogen and oxygen atoms in total. The number of aliphatic carboxylic acids is 1. The Balaban J connectivity index is 5.08. The molecule has 0 aromatic rings. The minimum Gasteiger partial charge on any atom is -0.481 e. The number of hydrogen-bond acceptors (Lipinski definition) is 4. The van der Waals surface area contributed by atoms with E-state index < -0.39 is 33.1 Å². The lowest BCUT2D eigenvalue weighted by atomic mass is 10.4. The van der Waals surface area contributed by atoms with Crippen LogP contribution in [0.3, 0.4) is 0 Å². The summed E-state index contributed by atoms with van der Waals surface area (Å²) in [5, 5.41) is 8.43. The van der Waals surface area contributed by atoms with Gasteiger partial charge in [0.2, 0.25) is 5.52 Å². The van der Waals surface area contributed by atoms with Crippen molar-refractivity contribution in [2.45, 2.75) is 18.9 Å². The van der Waals surface area contributed by atoms with Crippen molar-refractivity contribution in [1.82, 2.24) is 4.90 Å². The van der Waals surface area contributed by atoms with Crippen molar-refractivity contribution in [2.24, 2.45) is 0 Å². The van der Waals surface area contributed by atoms with Gasteiger partial charge in [0.05, 0.1) is 6.42 Å². The molecule has 0 rings (SSSR count). The van der Waals surface area contributed by atoms with E-state index in [1.165, 1.54) is 6.92 Å². The Bertz CT molecular complexity index is 337. The SMILES string of the molecule is CCN(CCC(=O)O)C(P(=O)(O)O)P(=O)(O)O. The van der Waals surface area contributed by atoms with E-state index in [0.29, 0.717) is 0 Å². The van der Waals surface area contributed by atoms with Crippen LogP contribution in [-0.4, -0.2) is 54.2 Å². The number of carbonyl (C=O) groups is 1. The Labute approximate surface area is 97.4 Å². The quantitative estimate of drug-likeness (QED) is 0.387. The molecular weight excluding hydrogens is 276 g/mol. The molecule has 0 unspecified atom stereocenters. The second kappa shape index (κ2) is 6.06. The molecule has 11 heteroatoms. The van der Waals surface area contributed by atoms with Gasteiger partial charge in [-0.05, 0) is 6.54 Å². The van der Waals surface area contributed by atoms with Crippen LogP contribution in [-0.2, 0) is 13.9 Å². The maximum Gasteiger partial charge on any atom is 0.354 e. The van der Waals surface area contributed by atoms with Crippen molar-refractivity contribution in [3.63, 3.8) is 0 Å². The summed E-state index contributed by atoms with van der Waals surface area (Å²) in [6, 6.07) is 0. The van der Waals surface area contributed by atoms with Crippen LogP contribution in [0.2, 0.25) is 0 Å². The summed E-state index contributed by atoms with van der Waals surface area (Å²) in [4.78, 5) is 46.7. The van der Waals surface area contributed by atoms with E-state index in [2.05, 4.69) is 0 Å². The highest BCUT2D eigenvalue weighted by Gasteiger charge is 2.47. The van der Waals surface area contributed by atoms with Crippen LogP contribution in [0, 0.1) is 0 Å². The van der Waals surface area contributed by atoms with Crippen molar-refractivity contribution in [3.05, 3.63) is 0 Å². The molecule has 0 aliphatic heterocycles. The molecule has 0 saturated heterocycles. The second-order valence-electron chi connectivity index (χ2n) is 3.30. The second-order valence-corrected chi connectivity index (χ2v) is 7.04. The van der Waals surface area contributed by atoms with E-state index in [-0.39, 0.29) is 13.1 Å². The zero-order valence-electron chi connectivity index (χ0n) is 9.00. The van der Waals surface area contributed by atoms with Gasteiger partial charge in [0.1, 0.15) is 0 Å². The van der Waals surface area contributed by atoms with Crippen LogP contribution in [0.25, 0.3) is 0 Å². The van der Waals surface area contributed by atoms with E-state index in [1.54, 1.807) is 0 Å². The number of carboxylic acids is 1. The minimum absolute atomic E-state index is 0.0891. The maximum atomic E-state index is 11.0. The van der Waals surface area contributed by atoms with Crippen LogP contribution in [0.15, 0.2) is 0 Å². The van der Waals surface area contributed by atoms with Gasteiger partial charge in [0, 0.05) is 6.54 Å². The molecule has 0 fully saturated rings. The van der Waals surface area contributed by atoms with E-state index in [4.69, 9.17) is 24.7 Å². The van der Waals surface area contributed by atoms with Crippen LogP contribution in [0.1, 0.15) is 13.3 Å². The maximum absolute atomic E-state index is 11.0. The Kier molecular flexibility index (Phi) is 5.96. The molecule has 0 radical (unpaired) electrons. The van der Waals surface area contributed by atoms with Crippen molar-refractivity contribution in [2.75, 3.05) is 13.1 Å². The van der Waals surface area contributed by atoms with Gasteiger partial charge in [0.15, 0.2) is 0 Å². The number of rotatable bonds is 7. The van der Waals surface area contributed by atoms with E-state index >= 15 is 0 Å². The Morgan fingerprint density at radius 3 is 1.82 bits per heavy atom. The summed E-state index contributed by atoms with van der Waals surface area (Å²) in [6.07, 6.45) is -0.468. The van der Waals surface area contributed by atoms with E-state index in [0.717, 1.165) is 4.90 Å². The third-order valence-electron chi connectivity index (χ3n) is 1.95. The molecular formula is C6H15NO8P2. The monoisotopic (exact) mass is 291 g/mol. The Hall–Kier alpha value is -0.270. The molecule has 0 atom stereocenters. The number of nitrogens with zero attached hydrogens (tertiary/aromatic N) is 1. The third-order valence-corrected chi connectivity index (χ3v) is 5.61. The smallest absolute Gasteiger partial charge is 0.354 e. The first-order valence-electron chi connectivity index (χ1n) is 4.56. The Morgan fingerprint density at radius 2 is 1.59 bits per heavy atom. The van der Waals surface area contributed by atoms with Gasteiger partial charge in [-0.1, -0.05) is 6.92 Å². The zero-order valence-corrected chi connectivity index (χ0v) is 10.8. The summed E-state index contributed by atoms with van der Waals surface area (Å²) >= 11 is 0. The fourth-order valence-electron chi connectivity index (χ4n) is 1.30. The zero-order chi connectivity index (χ0) is 13.9. The molecule has 0 aromatic carbocycles. The van der Waals surface area contributed by atoms with Crippen molar-refractivity contribution >= 4 is 21.2 Å². The summed E-state index contributed by atoms with van der Waals surface area (Å²) in [5.41, 5.74) is -2.29. The Morgan fingerprint density at radius 1 is 1.18 bits per heavy atom. The molecule has 102 valence electrons. The topological polar surface area (TPSA) is 156 Å². The van der Waals surface area contributed by atoms with Crippen LogP contribution < -0.4 is 0 Å². The first kappa shape index (κ1) is 16.7. The van der Waals surface area contributed by atoms with E-state index in [9.17, 15) is 13.9 Å². The molecule has 0 bridgehead atoms. The van der Waals surface area contributed by atoms with E-state index in [1.807, 2.05) is 0 Å². The average molecular weight is 291 g/mol. The van der Waals surface area contributed by atoms with Gasteiger partial charge in [-0.15, -0.1) is 0 Å². The van der Waals surface area contributed by atoms with Crippen LogP contribution >= 0.6 is 15.2 Å². The minimum atomic E-state index is -5.06. The summed E-state index contributed by atoms with van der Waals surface area (Å²) < 4.78 is 22.1. The van der Waals surface area contributed by atoms with Gasteiger partial charge in [-0.25, -0.2) is 0 Å². The highest BCUT2D eigenvalue weighted by Crippen LogP contribution is 2.61. The predicted octanol–water partition coefficient (Wildman–Crippen LogP) is -0.578. The summed E-state index contributed by atoms with van der Waals surface area (Å²) in [6.45, 7) is 0.973. The molecule has 0 heterocycles. The number of carboxylic acid groups (broad SMARTS) is 1. The van der Waals surface area contributed by atoms with Crippen molar-refractivity contribution in [1.29, 1.82) is 0 Å². The highest BCUT2D eigenvalue weighted by atomic mass is 31.2. The fraction of sp³-hybridized carbons (Fsp3) is 0.833. The lowest BCUT2D eigenvalue weighted by molar-refractivity contribution is -0.137.